The number of ether oxygens (including phenoxy) is 3. The molecular weight excluding hydrogens is 382 g/mol. The van der Waals surface area contributed by atoms with Gasteiger partial charge in [-0.15, -0.1) is 0 Å². The minimum Gasteiger partial charge on any atom is -0.493 e. The van der Waals surface area contributed by atoms with Crippen LogP contribution in [0.5, 0.6) is 11.5 Å². The van der Waals surface area contributed by atoms with Crippen molar-refractivity contribution in [1.82, 2.24) is 15.1 Å². The maximum absolute atomic E-state index is 13.1. The van der Waals surface area contributed by atoms with Crippen molar-refractivity contribution in [2.75, 3.05) is 27.9 Å². The van der Waals surface area contributed by atoms with E-state index in [2.05, 4.69) is 10.4 Å². The molecule has 3 rings (SSSR count). The van der Waals surface area contributed by atoms with Crippen LogP contribution in [0.25, 0.3) is 16.8 Å². The molecule has 30 heavy (non-hydrogen) atoms. The number of hydrogen-bond acceptors (Lipinski definition) is 5. The van der Waals surface area contributed by atoms with Crippen LogP contribution in [0.1, 0.15) is 23.8 Å². The zero-order valence-corrected chi connectivity index (χ0v) is 17.7. The molecule has 7 nitrogen and oxygen atoms in total. The second kappa shape index (κ2) is 9.93. The molecule has 0 spiro atoms. The maximum atomic E-state index is 13.1. The van der Waals surface area contributed by atoms with Gasteiger partial charge in [-0.1, -0.05) is 31.2 Å². The second-order valence-corrected chi connectivity index (χ2v) is 6.78. The number of methoxy groups -OCH3 is 3. The van der Waals surface area contributed by atoms with E-state index in [1.807, 2.05) is 61.7 Å². The summed E-state index contributed by atoms with van der Waals surface area (Å²) in [6.07, 6.45) is 2.60. The summed E-state index contributed by atoms with van der Waals surface area (Å²) in [5, 5.41) is 7.61. The lowest BCUT2D eigenvalue weighted by molar-refractivity contribution is 0.0890. The van der Waals surface area contributed by atoms with Gasteiger partial charge >= 0.3 is 0 Å². The van der Waals surface area contributed by atoms with Crippen molar-refractivity contribution in [1.29, 1.82) is 0 Å². The third kappa shape index (κ3) is 4.63. The van der Waals surface area contributed by atoms with Crippen LogP contribution in [-0.4, -0.2) is 49.7 Å². The number of amides is 1. The molecule has 0 saturated carbocycles. The van der Waals surface area contributed by atoms with E-state index in [1.165, 1.54) is 0 Å². The molecule has 158 valence electrons. The first-order chi connectivity index (χ1) is 14.6. The highest BCUT2D eigenvalue weighted by Crippen LogP contribution is 2.34. The van der Waals surface area contributed by atoms with Crippen molar-refractivity contribution < 1.29 is 19.0 Å². The predicted molar refractivity (Wildman–Crippen MR) is 116 cm³/mol. The highest BCUT2D eigenvalue weighted by Gasteiger charge is 2.22. The molecule has 1 heterocycles. The summed E-state index contributed by atoms with van der Waals surface area (Å²) in [6, 6.07) is 15.1. The molecule has 3 aromatic rings. The molecule has 1 aromatic heterocycles. The first-order valence-corrected chi connectivity index (χ1v) is 9.78. The summed E-state index contributed by atoms with van der Waals surface area (Å²) in [5.74, 6) is 0.951. The SMILES string of the molecule is CCC(COC)NC(=O)c1nn(-c2ccccc2)cc1-c1ccc(OC)c(OC)c1. The fourth-order valence-electron chi connectivity index (χ4n) is 3.19. The molecule has 0 fully saturated rings. The Morgan fingerprint density at radius 2 is 1.80 bits per heavy atom. The van der Waals surface area contributed by atoms with E-state index in [1.54, 1.807) is 26.0 Å². The van der Waals surface area contributed by atoms with Crippen LogP contribution in [0, 0.1) is 0 Å². The van der Waals surface area contributed by atoms with Gasteiger partial charge in [0.25, 0.3) is 5.91 Å². The van der Waals surface area contributed by atoms with Gasteiger partial charge in [0.15, 0.2) is 17.2 Å². The van der Waals surface area contributed by atoms with E-state index in [9.17, 15) is 4.79 Å². The third-order valence-corrected chi connectivity index (χ3v) is 4.84. The van der Waals surface area contributed by atoms with Gasteiger partial charge in [-0.05, 0) is 36.2 Å². The zero-order chi connectivity index (χ0) is 21.5. The normalized spacial score (nSPS) is 11.7. The van der Waals surface area contributed by atoms with E-state index >= 15 is 0 Å². The smallest absolute Gasteiger partial charge is 0.272 e. The van der Waals surface area contributed by atoms with Gasteiger partial charge in [0, 0.05) is 18.9 Å². The molecule has 1 amide bonds. The van der Waals surface area contributed by atoms with Crippen LogP contribution in [-0.2, 0) is 4.74 Å². The quantitative estimate of drug-likeness (QED) is 0.583. The van der Waals surface area contributed by atoms with Gasteiger partial charge in [-0.25, -0.2) is 4.68 Å². The van der Waals surface area contributed by atoms with Crippen molar-refractivity contribution >= 4 is 5.91 Å². The van der Waals surface area contributed by atoms with Gasteiger partial charge in [0.2, 0.25) is 0 Å². The van der Waals surface area contributed by atoms with E-state index in [0.29, 0.717) is 29.4 Å². The number of carbonyl (C=O) groups is 1. The molecule has 1 N–H and O–H groups in total. The fraction of sp³-hybridized carbons (Fsp3) is 0.304. The summed E-state index contributed by atoms with van der Waals surface area (Å²) in [6.45, 7) is 2.44. The van der Waals surface area contributed by atoms with Gasteiger partial charge < -0.3 is 19.5 Å². The molecule has 0 aliphatic carbocycles. The van der Waals surface area contributed by atoms with Crippen LogP contribution >= 0.6 is 0 Å². The summed E-state index contributed by atoms with van der Waals surface area (Å²) >= 11 is 0. The summed E-state index contributed by atoms with van der Waals surface area (Å²) in [7, 11) is 4.79. The van der Waals surface area contributed by atoms with Gasteiger partial charge in [0.05, 0.1) is 32.6 Å². The van der Waals surface area contributed by atoms with Gasteiger partial charge in [-0.2, -0.15) is 5.10 Å². The standard InChI is InChI=1S/C23H27N3O4/c1-5-17(15-28-2)24-23(27)22-19(14-26(25-22)18-9-7-6-8-10-18)16-11-12-20(29-3)21(13-16)30-4/h6-14,17H,5,15H2,1-4H3,(H,24,27). The van der Waals surface area contributed by atoms with Crippen LogP contribution in [0.3, 0.4) is 0 Å². The number of nitrogens with zero attached hydrogens (tertiary/aromatic N) is 2. The number of carbonyl (C=O) groups excluding carboxylic acids is 1. The van der Waals surface area contributed by atoms with Crippen LogP contribution in [0.15, 0.2) is 54.7 Å². The lowest BCUT2D eigenvalue weighted by atomic mass is 10.0. The minimum absolute atomic E-state index is 0.0948. The number of hydrogen-bond donors (Lipinski definition) is 1. The zero-order valence-electron chi connectivity index (χ0n) is 17.7. The number of aromatic nitrogens is 2. The van der Waals surface area contributed by atoms with Gasteiger partial charge in [-0.3, -0.25) is 4.79 Å². The van der Waals surface area contributed by atoms with E-state index in [-0.39, 0.29) is 11.9 Å². The Hall–Kier alpha value is -3.32. The highest BCUT2D eigenvalue weighted by atomic mass is 16.5. The second-order valence-electron chi connectivity index (χ2n) is 6.78. The Bertz CT molecular complexity index is 985. The first-order valence-electron chi connectivity index (χ1n) is 9.78. The molecule has 1 atom stereocenters. The van der Waals surface area contributed by atoms with Crippen LogP contribution < -0.4 is 14.8 Å². The molecule has 0 radical (unpaired) electrons. The van der Waals surface area contributed by atoms with Crippen LogP contribution in [0.2, 0.25) is 0 Å². The first kappa shape index (κ1) is 21.4. The largest absolute Gasteiger partial charge is 0.493 e. The Balaban J connectivity index is 2.06. The van der Waals surface area contributed by atoms with Crippen molar-refractivity contribution in [3.05, 3.63) is 60.4 Å². The van der Waals surface area contributed by atoms with Crippen molar-refractivity contribution in [2.24, 2.45) is 0 Å². The Morgan fingerprint density at radius 3 is 2.43 bits per heavy atom. The lowest BCUT2D eigenvalue weighted by Gasteiger charge is -2.15. The molecule has 0 aliphatic rings. The van der Waals surface area contributed by atoms with E-state index in [0.717, 1.165) is 17.7 Å². The average Bonchev–Trinajstić information content (AvgIpc) is 3.24. The molecule has 2 aromatic carbocycles. The van der Waals surface area contributed by atoms with Crippen molar-refractivity contribution in [2.45, 2.75) is 19.4 Å². The van der Waals surface area contributed by atoms with Crippen molar-refractivity contribution in [3.63, 3.8) is 0 Å². The highest BCUT2D eigenvalue weighted by molar-refractivity contribution is 5.99. The molecule has 0 saturated heterocycles. The Labute approximate surface area is 176 Å². The van der Waals surface area contributed by atoms with Gasteiger partial charge in [0.1, 0.15) is 0 Å². The maximum Gasteiger partial charge on any atom is 0.272 e. The summed E-state index contributed by atoms with van der Waals surface area (Å²) in [5.41, 5.74) is 2.70. The lowest BCUT2D eigenvalue weighted by Crippen LogP contribution is -2.38. The monoisotopic (exact) mass is 409 g/mol. The Kier molecular flexibility index (Phi) is 7.08. The number of benzene rings is 2. The minimum atomic E-state index is -0.252. The summed E-state index contributed by atoms with van der Waals surface area (Å²) < 4.78 is 17.7. The van der Waals surface area contributed by atoms with Crippen LogP contribution in [0.4, 0.5) is 0 Å². The molecule has 0 bridgehead atoms. The Morgan fingerprint density at radius 1 is 1.07 bits per heavy atom. The van der Waals surface area contributed by atoms with E-state index < -0.39 is 0 Å². The topological polar surface area (TPSA) is 74.6 Å². The molecular formula is C23H27N3O4. The van der Waals surface area contributed by atoms with Crippen molar-refractivity contribution in [3.8, 4) is 28.3 Å². The predicted octanol–water partition coefficient (Wildman–Crippen LogP) is 3.71. The molecule has 7 heteroatoms. The molecule has 1 unspecified atom stereocenters. The number of para-hydroxylation sites is 1. The number of rotatable bonds is 9. The van der Waals surface area contributed by atoms with E-state index in [4.69, 9.17) is 14.2 Å². The summed E-state index contributed by atoms with van der Waals surface area (Å²) in [4.78, 5) is 13.1. The third-order valence-electron chi connectivity index (χ3n) is 4.84. The number of nitrogens with one attached hydrogen (secondary N) is 1. The average molecular weight is 409 g/mol. The molecule has 0 aliphatic heterocycles. The fourth-order valence-corrected chi connectivity index (χ4v) is 3.19.